The summed E-state index contributed by atoms with van der Waals surface area (Å²) in [5.41, 5.74) is 0.502. The van der Waals surface area contributed by atoms with Gasteiger partial charge in [-0.15, -0.1) is 0 Å². The molecule has 0 radical (unpaired) electrons. The van der Waals surface area contributed by atoms with E-state index in [0.29, 0.717) is 12.2 Å². The minimum absolute atomic E-state index is 0.0812. The van der Waals surface area contributed by atoms with Gasteiger partial charge >= 0.3 is 5.69 Å². The molecule has 1 aromatic rings. The van der Waals surface area contributed by atoms with E-state index in [1.54, 1.807) is 12.1 Å². The molecule has 0 spiro atoms. The largest absolute Gasteiger partial charge is 0.380 e. The predicted molar refractivity (Wildman–Crippen MR) is 72.6 cm³/mol. The van der Waals surface area contributed by atoms with Gasteiger partial charge in [-0.1, -0.05) is 6.07 Å². The maximum atomic E-state index is 11.4. The number of anilines is 2. The minimum Gasteiger partial charge on any atom is -0.380 e. The lowest BCUT2D eigenvalue weighted by Gasteiger charge is -2.27. The van der Waals surface area contributed by atoms with Crippen molar-refractivity contribution in [1.29, 1.82) is 0 Å². The molecule has 1 fully saturated rings. The maximum absolute atomic E-state index is 11.4. The number of benzene rings is 1. The zero-order valence-electron chi connectivity index (χ0n) is 10.9. The molecule has 0 saturated carbocycles. The average Bonchev–Trinajstić information content (AvgIpc) is 2.37. The van der Waals surface area contributed by atoms with E-state index in [9.17, 15) is 19.7 Å². The van der Waals surface area contributed by atoms with Gasteiger partial charge in [0.15, 0.2) is 0 Å². The molecule has 8 nitrogen and oxygen atoms in total. The van der Waals surface area contributed by atoms with Crippen LogP contribution in [0.4, 0.5) is 17.1 Å². The first kappa shape index (κ1) is 13.8. The average molecular weight is 278 g/mol. The number of amides is 2. The summed E-state index contributed by atoms with van der Waals surface area (Å²) in [7, 11) is 0. The van der Waals surface area contributed by atoms with E-state index in [1.165, 1.54) is 11.0 Å². The third-order valence-electron chi connectivity index (χ3n) is 2.85. The van der Waals surface area contributed by atoms with Gasteiger partial charge < -0.3 is 10.2 Å². The summed E-state index contributed by atoms with van der Waals surface area (Å²) in [6.07, 6.45) is 0. The zero-order chi connectivity index (χ0) is 14.7. The van der Waals surface area contributed by atoms with Crippen molar-refractivity contribution >= 4 is 28.9 Å². The van der Waals surface area contributed by atoms with Crippen molar-refractivity contribution in [2.45, 2.75) is 6.92 Å². The molecule has 2 N–H and O–H groups in total. The smallest absolute Gasteiger partial charge is 0.315 e. The number of hydrogen-bond donors (Lipinski definition) is 2. The molecule has 1 aliphatic rings. The van der Waals surface area contributed by atoms with Crippen LogP contribution in [0.2, 0.25) is 0 Å². The van der Waals surface area contributed by atoms with E-state index in [2.05, 4.69) is 10.6 Å². The molecule has 106 valence electrons. The van der Waals surface area contributed by atoms with Gasteiger partial charge in [-0.2, -0.15) is 0 Å². The molecule has 1 saturated heterocycles. The minimum atomic E-state index is -0.510. The maximum Gasteiger partial charge on any atom is 0.315 e. The summed E-state index contributed by atoms with van der Waals surface area (Å²) in [6.45, 7) is 2.20. The number of piperazine rings is 1. The molecule has 1 heterocycles. The molecule has 20 heavy (non-hydrogen) atoms. The summed E-state index contributed by atoms with van der Waals surface area (Å²) in [4.78, 5) is 34.9. The van der Waals surface area contributed by atoms with Crippen LogP contribution >= 0.6 is 0 Å². The molecule has 2 rings (SSSR count). The highest BCUT2D eigenvalue weighted by Crippen LogP contribution is 2.35. The normalized spacial score (nSPS) is 14.9. The number of carbonyl (C=O) groups excluding carboxylic acids is 2. The van der Waals surface area contributed by atoms with Gasteiger partial charge in [-0.3, -0.25) is 25.0 Å². The number of nitro groups is 1. The highest BCUT2D eigenvalue weighted by molar-refractivity contribution is 6.03. The zero-order valence-corrected chi connectivity index (χ0v) is 10.9. The topological polar surface area (TPSA) is 105 Å². The van der Waals surface area contributed by atoms with Crippen LogP contribution in [0.5, 0.6) is 0 Å². The van der Waals surface area contributed by atoms with E-state index in [0.717, 1.165) is 0 Å². The van der Waals surface area contributed by atoms with Crippen molar-refractivity contribution in [1.82, 2.24) is 5.32 Å². The lowest BCUT2D eigenvalue weighted by Crippen LogP contribution is -2.51. The van der Waals surface area contributed by atoms with E-state index in [4.69, 9.17) is 0 Å². The summed E-state index contributed by atoms with van der Waals surface area (Å²) < 4.78 is 0. The van der Waals surface area contributed by atoms with Crippen LogP contribution in [0.3, 0.4) is 0 Å². The number of rotatable bonds is 4. The molecule has 2 amide bonds. The van der Waals surface area contributed by atoms with Gasteiger partial charge in [0, 0.05) is 6.54 Å². The molecular weight excluding hydrogens is 264 g/mol. The van der Waals surface area contributed by atoms with Crippen LogP contribution < -0.4 is 15.5 Å². The molecular formula is C12H14N4O4. The summed E-state index contributed by atoms with van der Waals surface area (Å²) in [5, 5.41) is 16.3. The monoisotopic (exact) mass is 278 g/mol. The van der Waals surface area contributed by atoms with Crippen molar-refractivity contribution in [2.24, 2.45) is 0 Å². The van der Waals surface area contributed by atoms with Crippen LogP contribution in [0, 0.1) is 10.1 Å². The number of imide groups is 1. The van der Waals surface area contributed by atoms with Gasteiger partial charge in [0.2, 0.25) is 11.8 Å². The van der Waals surface area contributed by atoms with E-state index >= 15 is 0 Å². The van der Waals surface area contributed by atoms with Gasteiger partial charge in [-0.05, 0) is 19.1 Å². The highest BCUT2D eigenvalue weighted by atomic mass is 16.6. The summed E-state index contributed by atoms with van der Waals surface area (Å²) in [5.74, 6) is -0.936. The lowest BCUT2D eigenvalue weighted by atomic mass is 10.2. The third kappa shape index (κ3) is 2.68. The van der Waals surface area contributed by atoms with Crippen molar-refractivity contribution in [3.63, 3.8) is 0 Å². The standard InChI is InChI=1S/C12H14N4O4/c1-2-13-8-4-3-5-9(12(8)16(19)20)15-6-10(17)14-11(18)7-15/h3-5,13H,2,6-7H2,1H3,(H,14,17,18). The highest BCUT2D eigenvalue weighted by Gasteiger charge is 2.29. The fourth-order valence-corrected chi connectivity index (χ4v) is 2.12. The first-order valence-corrected chi connectivity index (χ1v) is 6.11. The Kier molecular flexibility index (Phi) is 3.83. The summed E-state index contributed by atoms with van der Waals surface area (Å²) in [6, 6.07) is 4.78. The van der Waals surface area contributed by atoms with Crippen LogP contribution in [-0.2, 0) is 9.59 Å². The van der Waals surface area contributed by atoms with Crippen molar-refractivity contribution in [3.05, 3.63) is 28.3 Å². The Morgan fingerprint density at radius 3 is 2.55 bits per heavy atom. The molecule has 8 heteroatoms. The Balaban J connectivity index is 2.44. The molecule has 0 aromatic heterocycles. The van der Waals surface area contributed by atoms with E-state index < -0.39 is 16.7 Å². The first-order chi connectivity index (χ1) is 9.52. The molecule has 1 aromatic carbocycles. The van der Waals surface area contributed by atoms with Crippen molar-refractivity contribution in [3.8, 4) is 0 Å². The van der Waals surface area contributed by atoms with Crippen LogP contribution in [0.25, 0.3) is 0 Å². The second-order valence-electron chi connectivity index (χ2n) is 4.29. The van der Waals surface area contributed by atoms with E-state index in [-0.39, 0.29) is 24.5 Å². The Morgan fingerprint density at radius 2 is 2.00 bits per heavy atom. The molecule has 1 aliphatic heterocycles. The molecule has 0 bridgehead atoms. The fourth-order valence-electron chi connectivity index (χ4n) is 2.12. The Morgan fingerprint density at radius 1 is 1.35 bits per heavy atom. The van der Waals surface area contributed by atoms with Crippen molar-refractivity contribution in [2.75, 3.05) is 29.9 Å². The Labute approximate surface area is 114 Å². The van der Waals surface area contributed by atoms with Crippen LogP contribution in [0.15, 0.2) is 18.2 Å². The SMILES string of the molecule is CCNc1cccc(N2CC(=O)NC(=O)C2)c1[N+](=O)[O-]. The van der Waals surface area contributed by atoms with Crippen LogP contribution in [0.1, 0.15) is 6.92 Å². The third-order valence-corrected chi connectivity index (χ3v) is 2.85. The lowest BCUT2D eigenvalue weighted by molar-refractivity contribution is -0.383. The number of nitro benzene ring substituents is 1. The van der Waals surface area contributed by atoms with Gasteiger partial charge in [0.25, 0.3) is 0 Å². The number of para-hydroxylation sites is 1. The first-order valence-electron chi connectivity index (χ1n) is 6.11. The number of carbonyl (C=O) groups is 2. The molecule has 0 unspecified atom stereocenters. The van der Waals surface area contributed by atoms with E-state index in [1.807, 2.05) is 6.92 Å². The van der Waals surface area contributed by atoms with Crippen LogP contribution in [-0.4, -0.2) is 36.4 Å². The second kappa shape index (κ2) is 5.55. The number of hydrogen-bond acceptors (Lipinski definition) is 6. The summed E-state index contributed by atoms with van der Waals surface area (Å²) >= 11 is 0. The Bertz CT molecular complexity index is 557. The van der Waals surface area contributed by atoms with Gasteiger partial charge in [0.1, 0.15) is 11.4 Å². The predicted octanol–water partition coefficient (Wildman–Crippen LogP) is 0.489. The molecule has 0 atom stereocenters. The Hall–Kier alpha value is -2.64. The van der Waals surface area contributed by atoms with Gasteiger partial charge in [0.05, 0.1) is 18.0 Å². The quantitative estimate of drug-likeness (QED) is 0.472. The second-order valence-corrected chi connectivity index (χ2v) is 4.29. The number of nitrogens with one attached hydrogen (secondary N) is 2. The van der Waals surface area contributed by atoms with Gasteiger partial charge in [-0.25, -0.2) is 0 Å². The molecule has 0 aliphatic carbocycles. The van der Waals surface area contributed by atoms with Crippen molar-refractivity contribution < 1.29 is 14.5 Å². The fraction of sp³-hybridized carbons (Fsp3) is 0.333. The number of nitrogens with zero attached hydrogens (tertiary/aromatic N) is 2.